The minimum atomic E-state index is -5.49. The van der Waals surface area contributed by atoms with E-state index in [1.54, 1.807) is 0 Å². The van der Waals surface area contributed by atoms with Gasteiger partial charge in [0.1, 0.15) is 0 Å². The van der Waals surface area contributed by atoms with Crippen molar-refractivity contribution in [1.29, 1.82) is 0 Å². The molecular formula is C7H10F6N2. The number of nitrogens with zero attached hydrogens (tertiary/aromatic N) is 2. The molecule has 0 aromatic carbocycles. The molecule has 0 aliphatic rings. The van der Waals surface area contributed by atoms with Crippen molar-refractivity contribution in [1.82, 2.24) is 5.01 Å². The Balaban J connectivity index is 5.12. The van der Waals surface area contributed by atoms with Gasteiger partial charge in [-0.05, 0) is 13.8 Å². The summed E-state index contributed by atoms with van der Waals surface area (Å²) in [5.41, 5.74) is -2.72. The maximum atomic E-state index is 12.0. The standard InChI is InChI=1S/C7H10F6N2/c1-3-15(4-2)14-5(6(8,9)10)7(11,12)13/h3-4H2,1-2H3. The van der Waals surface area contributed by atoms with Gasteiger partial charge in [-0.25, -0.2) is 0 Å². The molecule has 0 amide bonds. The Morgan fingerprint density at radius 2 is 1.27 bits per heavy atom. The van der Waals surface area contributed by atoms with E-state index in [2.05, 4.69) is 5.10 Å². The third-order valence-corrected chi connectivity index (χ3v) is 1.51. The van der Waals surface area contributed by atoms with Crippen molar-refractivity contribution in [3.8, 4) is 0 Å². The minimum absolute atomic E-state index is 0.0217. The van der Waals surface area contributed by atoms with E-state index in [0.717, 1.165) is 0 Å². The van der Waals surface area contributed by atoms with Crippen molar-refractivity contribution in [2.75, 3.05) is 13.1 Å². The molecule has 8 heteroatoms. The predicted molar refractivity (Wildman–Crippen MR) is 42.5 cm³/mol. The number of rotatable bonds is 3. The maximum absolute atomic E-state index is 12.0. The smallest absolute Gasteiger partial charge is 0.297 e. The molecule has 90 valence electrons. The van der Waals surface area contributed by atoms with Gasteiger partial charge in [0.15, 0.2) is 0 Å². The van der Waals surface area contributed by atoms with Crippen molar-refractivity contribution >= 4 is 5.71 Å². The normalized spacial score (nSPS) is 12.5. The largest absolute Gasteiger partial charge is 0.440 e. The molecule has 0 unspecified atom stereocenters. The Labute approximate surface area is 82.5 Å². The second-order valence-corrected chi connectivity index (χ2v) is 2.58. The Kier molecular flexibility index (Phi) is 4.42. The van der Waals surface area contributed by atoms with E-state index in [4.69, 9.17) is 0 Å². The Hall–Kier alpha value is -0.950. The van der Waals surface area contributed by atoms with Gasteiger partial charge in [0.25, 0.3) is 0 Å². The SMILES string of the molecule is CCN(CC)N=C(C(F)(F)F)C(F)(F)F. The van der Waals surface area contributed by atoms with E-state index in [1.165, 1.54) is 13.8 Å². The van der Waals surface area contributed by atoms with Gasteiger partial charge in [0, 0.05) is 13.1 Å². The second kappa shape index (κ2) is 4.71. The van der Waals surface area contributed by atoms with Crippen molar-refractivity contribution in [3.63, 3.8) is 0 Å². The van der Waals surface area contributed by atoms with Crippen LogP contribution in [0.1, 0.15) is 13.8 Å². The lowest BCUT2D eigenvalue weighted by atomic mass is 10.3. The first-order valence-corrected chi connectivity index (χ1v) is 4.10. The molecule has 0 aliphatic carbocycles. The first-order valence-electron chi connectivity index (χ1n) is 4.10. The lowest BCUT2D eigenvalue weighted by molar-refractivity contribution is -0.119. The average molecular weight is 236 g/mol. The average Bonchev–Trinajstić information content (AvgIpc) is 2.01. The summed E-state index contributed by atoms with van der Waals surface area (Å²) in [6, 6.07) is 0. The van der Waals surface area contributed by atoms with E-state index in [-0.39, 0.29) is 13.1 Å². The number of hydrogen-bond acceptors (Lipinski definition) is 2. The van der Waals surface area contributed by atoms with Crippen LogP contribution in [0, 0.1) is 0 Å². The first-order chi connectivity index (χ1) is 6.62. The zero-order valence-electron chi connectivity index (χ0n) is 8.08. The van der Waals surface area contributed by atoms with Gasteiger partial charge in [-0.3, -0.25) is 5.01 Å². The molecule has 0 aromatic heterocycles. The molecule has 0 atom stereocenters. The summed E-state index contributed by atoms with van der Waals surface area (Å²) in [5.74, 6) is 0. The third-order valence-electron chi connectivity index (χ3n) is 1.51. The molecule has 0 saturated heterocycles. The van der Waals surface area contributed by atoms with Crippen LogP contribution in [-0.2, 0) is 0 Å². The van der Waals surface area contributed by atoms with Gasteiger partial charge >= 0.3 is 12.4 Å². The highest BCUT2D eigenvalue weighted by Crippen LogP contribution is 2.30. The van der Waals surface area contributed by atoms with E-state index in [9.17, 15) is 26.3 Å². The maximum Gasteiger partial charge on any atom is 0.440 e. The number of hydrogen-bond donors (Lipinski definition) is 0. The third kappa shape index (κ3) is 4.39. The molecule has 0 radical (unpaired) electrons. The summed E-state index contributed by atoms with van der Waals surface area (Å²) in [6.07, 6.45) is -11.0. The van der Waals surface area contributed by atoms with Crippen LogP contribution >= 0.6 is 0 Å². The van der Waals surface area contributed by atoms with Crippen LogP contribution in [0.25, 0.3) is 0 Å². The van der Waals surface area contributed by atoms with Crippen LogP contribution in [0.4, 0.5) is 26.3 Å². The van der Waals surface area contributed by atoms with Gasteiger partial charge in [0.05, 0.1) is 0 Å². The molecule has 0 heterocycles. The lowest BCUT2D eigenvalue weighted by Crippen LogP contribution is -2.39. The zero-order chi connectivity index (χ0) is 12.3. The second-order valence-electron chi connectivity index (χ2n) is 2.58. The van der Waals surface area contributed by atoms with Gasteiger partial charge in [0.2, 0.25) is 5.71 Å². The van der Waals surface area contributed by atoms with Gasteiger partial charge in [-0.2, -0.15) is 31.4 Å². The highest BCUT2D eigenvalue weighted by molar-refractivity contribution is 5.94. The van der Waals surface area contributed by atoms with Crippen LogP contribution in [0.15, 0.2) is 5.10 Å². The molecule has 0 saturated carbocycles. The molecule has 0 spiro atoms. The number of hydrazone groups is 1. The van der Waals surface area contributed by atoms with Crippen molar-refractivity contribution in [2.45, 2.75) is 26.2 Å². The molecular weight excluding hydrogens is 226 g/mol. The summed E-state index contributed by atoms with van der Waals surface area (Å²) in [7, 11) is 0. The van der Waals surface area contributed by atoms with Crippen molar-refractivity contribution in [3.05, 3.63) is 0 Å². The lowest BCUT2D eigenvalue weighted by Gasteiger charge is -2.19. The van der Waals surface area contributed by atoms with Crippen LogP contribution in [0.2, 0.25) is 0 Å². The fourth-order valence-corrected chi connectivity index (χ4v) is 0.781. The Bertz CT molecular complexity index is 209. The summed E-state index contributed by atoms with van der Waals surface area (Å²) in [4.78, 5) is 0. The minimum Gasteiger partial charge on any atom is -0.297 e. The molecule has 0 N–H and O–H groups in total. The molecule has 0 rings (SSSR count). The fourth-order valence-electron chi connectivity index (χ4n) is 0.781. The molecule has 2 nitrogen and oxygen atoms in total. The van der Waals surface area contributed by atoms with Crippen LogP contribution < -0.4 is 0 Å². The summed E-state index contributed by atoms with van der Waals surface area (Å²) >= 11 is 0. The molecule has 0 bridgehead atoms. The first kappa shape index (κ1) is 14.0. The zero-order valence-corrected chi connectivity index (χ0v) is 8.08. The Morgan fingerprint density at radius 1 is 0.933 bits per heavy atom. The van der Waals surface area contributed by atoms with Crippen LogP contribution in [0.5, 0.6) is 0 Å². The fraction of sp³-hybridized carbons (Fsp3) is 0.857. The van der Waals surface area contributed by atoms with Gasteiger partial charge in [-0.15, -0.1) is 0 Å². The summed E-state index contributed by atoms with van der Waals surface area (Å²) in [5, 5.41) is 3.25. The van der Waals surface area contributed by atoms with E-state index in [1.807, 2.05) is 0 Å². The topological polar surface area (TPSA) is 15.6 Å². The predicted octanol–water partition coefficient (Wildman–Crippen LogP) is 2.81. The van der Waals surface area contributed by atoms with Crippen LogP contribution in [-0.4, -0.2) is 36.2 Å². The van der Waals surface area contributed by atoms with Crippen molar-refractivity contribution < 1.29 is 26.3 Å². The molecule has 0 fully saturated rings. The summed E-state index contributed by atoms with van der Waals surface area (Å²) < 4.78 is 71.8. The quantitative estimate of drug-likeness (QED) is 0.418. The Morgan fingerprint density at radius 3 is 1.47 bits per heavy atom. The highest BCUT2D eigenvalue weighted by Gasteiger charge is 2.53. The van der Waals surface area contributed by atoms with Crippen LogP contribution in [0.3, 0.4) is 0 Å². The summed E-state index contributed by atoms with van der Waals surface area (Å²) in [6.45, 7) is 2.78. The molecule has 0 aromatic rings. The highest BCUT2D eigenvalue weighted by atomic mass is 19.4. The van der Waals surface area contributed by atoms with E-state index < -0.39 is 18.1 Å². The van der Waals surface area contributed by atoms with Crippen molar-refractivity contribution in [2.24, 2.45) is 5.10 Å². The number of alkyl halides is 6. The molecule has 15 heavy (non-hydrogen) atoms. The van der Waals surface area contributed by atoms with E-state index in [0.29, 0.717) is 5.01 Å². The van der Waals surface area contributed by atoms with E-state index >= 15 is 0 Å². The monoisotopic (exact) mass is 236 g/mol. The number of halogens is 6. The molecule has 0 aliphatic heterocycles. The van der Waals surface area contributed by atoms with Gasteiger partial charge < -0.3 is 0 Å². The van der Waals surface area contributed by atoms with Gasteiger partial charge in [-0.1, -0.05) is 0 Å².